The summed E-state index contributed by atoms with van der Waals surface area (Å²) in [6.45, 7) is 10.7. The summed E-state index contributed by atoms with van der Waals surface area (Å²) in [6.07, 6.45) is 1.29. The second-order valence-electron chi connectivity index (χ2n) is 16.3. The summed E-state index contributed by atoms with van der Waals surface area (Å²) in [6, 6.07) is 27.3. The van der Waals surface area contributed by atoms with Gasteiger partial charge < -0.3 is 18.5 Å². The molecule has 4 heterocycles. The molecular weight excluding hydrogens is 768 g/mol. The number of fused-ring (bicyclic) bond motifs is 2. The van der Waals surface area contributed by atoms with Crippen molar-refractivity contribution < 1.29 is 23.5 Å². The number of carbonyl (C=O) groups excluding carboxylic acids is 2. The van der Waals surface area contributed by atoms with Gasteiger partial charge in [0.2, 0.25) is 0 Å². The topological polar surface area (TPSA) is 106 Å². The van der Waals surface area contributed by atoms with Crippen molar-refractivity contribution in [1.82, 2.24) is 29.0 Å². The van der Waals surface area contributed by atoms with E-state index >= 15 is 0 Å². The summed E-state index contributed by atoms with van der Waals surface area (Å²) in [5.74, 6) is -0.841. The lowest BCUT2D eigenvalue weighted by Crippen LogP contribution is -2.66. The van der Waals surface area contributed by atoms with Gasteiger partial charge in [-0.3, -0.25) is 19.1 Å². The SMILES string of the molecule is COC(=O)CCc1c(C(=O)OC)n(C)c2c(-c3c(C)nn4c3[C@H](N(C)Cc3cc(CO[Si](c5ccccc5)(c5ccccc5)C(C)(C)C)n(C)n3)CC4)c(Cl)ccc12. The van der Waals surface area contributed by atoms with Gasteiger partial charge in [-0.2, -0.15) is 10.2 Å². The molecule has 1 aliphatic rings. The second kappa shape index (κ2) is 16.3. The lowest BCUT2D eigenvalue weighted by atomic mass is 9.95. The van der Waals surface area contributed by atoms with Crippen molar-refractivity contribution in [2.24, 2.45) is 14.1 Å². The van der Waals surface area contributed by atoms with Crippen LogP contribution in [0.25, 0.3) is 22.0 Å². The molecule has 0 aliphatic carbocycles. The number of ether oxygens (including phenoxy) is 2. The Labute approximate surface area is 346 Å². The fourth-order valence-electron chi connectivity index (χ4n) is 9.10. The number of hydrogen-bond donors (Lipinski definition) is 0. The van der Waals surface area contributed by atoms with Crippen LogP contribution in [0.4, 0.5) is 0 Å². The van der Waals surface area contributed by atoms with Gasteiger partial charge in [-0.15, -0.1) is 0 Å². The maximum atomic E-state index is 13.3. The van der Waals surface area contributed by atoms with Gasteiger partial charge in [0.05, 0.1) is 60.2 Å². The number of nitrogens with zero attached hydrogens (tertiary/aromatic N) is 6. The van der Waals surface area contributed by atoms with Crippen molar-refractivity contribution in [2.45, 2.75) is 77.7 Å². The van der Waals surface area contributed by atoms with Crippen molar-refractivity contribution in [3.05, 3.63) is 118 Å². The van der Waals surface area contributed by atoms with E-state index in [1.807, 2.05) is 42.4 Å². The Morgan fingerprint density at radius 2 is 1.59 bits per heavy atom. The van der Waals surface area contributed by atoms with Crippen molar-refractivity contribution >= 4 is 53.1 Å². The molecule has 1 aliphatic heterocycles. The van der Waals surface area contributed by atoms with Crippen LogP contribution in [0.2, 0.25) is 10.1 Å². The first-order chi connectivity index (χ1) is 27.7. The van der Waals surface area contributed by atoms with Gasteiger partial charge in [-0.25, -0.2) is 4.79 Å². The fourth-order valence-corrected chi connectivity index (χ4v) is 13.9. The molecule has 58 heavy (non-hydrogen) atoms. The van der Waals surface area contributed by atoms with Crippen LogP contribution >= 0.6 is 11.6 Å². The van der Waals surface area contributed by atoms with Crippen molar-refractivity contribution in [2.75, 3.05) is 21.3 Å². The van der Waals surface area contributed by atoms with E-state index in [4.69, 9.17) is 35.7 Å². The molecule has 0 amide bonds. The highest BCUT2D eigenvalue weighted by atomic mass is 35.5. The molecule has 0 N–H and O–H groups in total. The van der Waals surface area contributed by atoms with Crippen LogP contribution in [0.3, 0.4) is 0 Å². The van der Waals surface area contributed by atoms with Crippen LogP contribution < -0.4 is 10.4 Å². The summed E-state index contributed by atoms with van der Waals surface area (Å²) in [5.41, 5.74) is 7.50. The highest BCUT2D eigenvalue weighted by molar-refractivity contribution is 6.99. The number of benzene rings is 3. The van der Waals surface area contributed by atoms with E-state index in [0.717, 1.165) is 57.8 Å². The van der Waals surface area contributed by atoms with Crippen LogP contribution in [-0.2, 0) is 58.9 Å². The number of aryl methyl sites for hydroxylation is 5. The molecule has 0 bridgehead atoms. The zero-order chi connectivity index (χ0) is 41.5. The van der Waals surface area contributed by atoms with Gasteiger partial charge >= 0.3 is 11.9 Å². The third-order valence-corrected chi connectivity index (χ3v) is 17.1. The van der Waals surface area contributed by atoms with Crippen LogP contribution in [0.15, 0.2) is 78.9 Å². The lowest BCUT2D eigenvalue weighted by Gasteiger charge is -2.43. The highest BCUT2D eigenvalue weighted by Gasteiger charge is 2.50. The Hall–Kier alpha value is -5.01. The van der Waals surface area contributed by atoms with Crippen LogP contribution in [0, 0.1) is 6.92 Å². The molecule has 0 spiro atoms. The molecule has 1 atom stereocenters. The van der Waals surface area contributed by atoms with Crippen molar-refractivity contribution in [3.63, 3.8) is 0 Å². The standard InChI is InChI=1S/C45H53ClN6O5Si/c1-29-39(40-36(46)22-20-34-35(21-23-38(53)55-8)42(44(54)56-9)50(6)41(34)40)43-37(24-25-52(43)47-29)49(5)27-30-26-31(51(7)48-30)28-57-58(45(2,3)4,32-16-12-10-13-17-32)33-18-14-11-15-19-33/h10-20,22,26,37H,21,23-25,27-28H2,1-9H3/t37-/m1/s1. The van der Waals surface area contributed by atoms with E-state index in [1.54, 1.807) is 0 Å². The van der Waals surface area contributed by atoms with E-state index in [9.17, 15) is 9.59 Å². The Balaban J connectivity index is 1.21. The minimum absolute atomic E-state index is 0.0143. The summed E-state index contributed by atoms with van der Waals surface area (Å²) in [5, 5.41) is 13.7. The Morgan fingerprint density at radius 3 is 2.19 bits per heavy atom. The van der Waals surface area contributed by atoms with Gasteiger partial charge in [0.15, 0.2) is 0 Å². The second-order valence-corrected chi connectivity index (χ2v) is 21.0. The average Bonchev–Trinajstić information content (AvgIpc) is 3.94. The van der Waals surface area contributed by atoms with E-state index in [1.165, 1.54) is 24.6 Å². The molecule has 13 heteroatoms. The highest BCUT2D eigenvalue weighted by Crippen LogP contribution is 2.46. The van der Waals surface area contributed by atoms with E-state index < -0.39 is 14.3 Å². The van der Waals surface area contributed by atoms with Crippen molar-refractivity contribution in [1.29, 1.82) is 0 Å². The van der Waals surface area contributed by atoms with Crippen LogP contribution in [-0.4, -0.2) is 70.6 Å². The van der Waals surface area contributed by atoms with Crippen LogP contribution in [0.1, 0.15) is 78.5 Å². The molecule has 6 aromatic rings. The smallest absolute Gasteiger partial charge is 0.354 e. The van der Waals surface area contributed by atoms with Gasteiger partial charge in [0.1, 0.15) is 5.69 Å². The predicted octanol–water partition coefficient (Wildman–Crippen LogP) is 7.28. The molecule has 0 fully saturated rings. The van der Waals surface area contributed by atoms with Gasteiger partial charge in [-0.1, -0.05) is 99.1 Å². The van der Waals surface area contributed by atoms with E-state index in [0.29, 0.717) is 35.9 Å². The lowest BCUT2D eigenvalue weighted by molar-refractivity contribution is -0.140. The van der Waals surface area contributed by atoms with Gasteiger partial charge in [0.25, 0.3) is 8.32 Å². The molecule has 304 valence electrons. The fraction of sp³-hybridized carbons (Fsp3) is 0.378. The third-order valence-electron chi connectivity index (χ3n) is 11.8. The molecule has 0 saturated heterocycles. The molecule has 7 rings (SSSR count). The zero-order valence-corrected chi connectivity index (χ0v) is 36.7. The number of esters is 2. The maximum absolute atomic E-state index is 13.3. The predicted molar refractivity (Wildman–Crippen MR) is 230 cm³/mol. The third kappa shape index (κ3) is 7.20. The molecule has 11 nitrogen and oxygen atoms in total. The van der Waals surface area contributed by atoms with E-state index in [-0.39, 0.29) is 23.5 Å². The molecule has 0 saturated carbocycles. The number of aromatic nitrogens is 5. The van der Waals surface area contributed by atoms with Gasteiger partial charge in [0, 0.05) is 50.1 Å². The normalized spacial score (nSPS) is 14.4. The summed E-state index contributed by atoms with van der Waals surface area (Å²) in [4.78, 5) is 27.8. The van der Waals surface area contributed by atoms with E-state index in [2.05, 4.69) is 104 Å². The molecule has 0 radical (unpaired) electrons. The Kier molecular flexibility index (Phi) is 11.6. The average molecular weight is 821 g/mol. The first kappa shape index (κ1) is 41.2. The number of methoxy groups -OCH3 is 2. The quantitative estimate of drug-likeness (QED) is 0.0885. The summed E-state index contributed by atoms with van der Waals surface area (Å²) >= 11 is 7.13. The first-order valence-corrected chi connectivity index (χ1v) is 22.0. The minimum atomic E-state index is -2.75. The maximum Gasteiger partial charge on any atom is 0.354 e. The number of hydrogen-bond acceptors (Lipinski definition) is 8. The van der Waals surface area contributed by atoms with Crippen molar-refractivity contribution in [3.8, 4) is 11.1 Å². The number of carbonyl (C=O) groups is 2. The number of rotatable bonds is 13. The monoisotopic (exact) mass is 820 g/mol. The molecular formula is C45H53ClN6O5Si. The summed E-state index contributed by atoms with van der Waals surface area (Å²) in [7, 11) is 5.94. The largest absolute Gasteiger partial charge is 0.469 e. The molecule has 3 aromatic heterocycles. The Bertz CT molecular complexity index is 2430. The molecule has 3 aromatic carbocycles. The number of halogens is 1. The Morgan fingerprint density at radius 1 is 0.931 bits per heavy atom. The zero-order valence-electron chi connectivity index (χ0n) is 34.9. The first-order valence-electron chi connectivity index (χ1n) is 19.7. The van der Waals surface area contributed by atoms with Gasteiger partial charge in [-0.05, 0) is 59.9 Å². The summed E-state index contributed by atoms with van der Waals surface area (Å²) < 4.78 is 23.3. The minimum Gasteiger partial charge on any atom is -0.469 e. The molecule has 0 unspecified atom stereocenters. The van der Waals surface area contributed by atoms with Crippen LogP contribution in [0.5, 0.6) is 0 Å².